The topological polar surface area (TPSA) is 103 Å². The largest absolute Gasteiger partial charge is 0.376 e. The third-order valence-corrected chi connectivity index (χ3v) is 4.75. The van der Waals surface area contributed by atoms with Crippen molar-refractivity contribution in [2.75, 3.05) is 18.9 Å². The summed E-state index contributed by atoms with van der Waals surface area (Å²) in [7, 11) is 1.69. The van der Waals surface area contributed by atoms with Gasteiger partial charge in [-0.05, 0) is 31.0 Å². The first-order valence-electron chi connectivity index (χ1n) is 8.55. The first-order chi connectivity index (χ1) is 12.6. The van der Waals surface area contributed by atoms with Gasteiger partial charge in [-0.2, -0.15) is 0 Å². The minimum Gasteiger partial charge on any atom is -0.376 e. The number of rotatable bonds is 3. The second-order valence-corrected chi connectivity index (χ2v) is 6.43. The molecule has 8 nitrogen and oxygen atoms in total. The number of hydrogen-bond acceptors (Lipinski definition) is 5. The molecule has 0 spiro atoms. The van der Waals surface area contributed by atoms with Crippen LogP contribution in [-0.2, 0) is 11.8 Å². The number of nitrogens with zero attached hydrogens (tertiary/aromatic N) is 3. The predicted molar refractivity (Wildman–Crippen MR) is 95.9 cm³/mol. The van der Waals surface area contributed by atoms with E-state index in [1.54, 1.807) is 29.9 Å². The van der Waals surface area contributed by atoms with Crippen molar-refractivity contribution < 1.29 is 14.1 Å². The second-order valence-electron chi connectivity index (χ2n) is 6.43. The van der Waals surface area contributed by atoms with Crippen LogP contribution >= 0.6 is 0 Å². The van der Waals surface area contributed by atoms with Crippen LogP contribution in [0.2, 0.25) is 0 Å². The van der Waals surface area contributed by atoms with Crippen molar-refractivity contribution in [2.45, 2.75) is 18.9 Å². The van der Waals surface area contributed by atoms with Gasteiger partial charge in [-0.25, -0.2) is 4.57 Å². The van der Waals surface area contributed by atoms with Crippen LogP contribution in [0.15, 0.2) is 35.3 Å². The van der Waals surface area contributed by atoms with Gasteiger partial charge in [0, 0.05) is 19.3 Å². The summed E-state index contributed by atoms with van der Waals surface area (Å²) in [5.41, 5.74) is 7.13. The molecule has 0 aromatic carbocycles. The van der Waals surface area contributed by atoms with Crippen LogP contribution < -0.4 is 21.2 Å². The number of nitrogen functional groups attached to an aromatic ring is 1. The van der Waals surface area contributed by atoms with E-state index >= 15 is 0 Å². The van der Waals surface area contributed by atoms with Crippen molar-refractivity contribution in [3.05, 3.63) is 46.4 Å². The Morgan fingerprint density at radius 3 is 3.12 bits per heavy atom. The number of carbonyl (C=O) groups excluding carboxylic acids is 1. The quantitative estimate of drug-likeness (QED) is 0.515. The highest BCUT2D eigenvalue weighted by Gasteiger charge is 2.23. The molecule has 1 amide bonds. The molecule has 0 aliphatic carbocycles. The smallest absolute Gasteiger partial charge is 0.278 e. The number of hydrogen-bond donors (Lipinski definition) is 2. The Labute approximate surface area is 149 Å². The van der Waals surface area contributed by atoms with Crippen molar-refractivity contribution in [1.29, 1.82) is 0 Å². The van der Waals surface area contributed by atoms with Crippen LogP contribution in [0, 0.1) is 0 Å². The zero-order chi connectivity index (χ0) is 18.3. The average molecular weight is 354 g/mol. The van der Waals surface area contributed by atoms with E-state index in [1.165, 1.54) is 10.5 Å². The number of ether oxygens (including phenoxy) is 1. The number of nitrogens with two attached hydrogens (primary N) is 1. The highest BCUT2D eigenvalue weighted by Crippen LogP contribution is 2.15. The fourth-order valence-corrected chi connectivity index (χ4v) is 3.28. The molecular weight excluding hydrogens is 334 g/mol. The maximum Gasteiger partial charge on any atom is 0.278 e. The van der Waals surface area contributed by atoms with Gasteiger partial charge in [0.05, 0.1) is 13.2 Å². The lowest BCUT2D eigenvalue weighted by atomic mass is 10.1. The minimum atomic E-state index is -0.326. The molecule has 1 aliphatic heterocycles. The van der Waals surface area contributed by atoms with Crippen molar-refractivity contribution in [2.24, 2.45) is 7.05 Å². The molecule has 0 radical (unpaired) electrons. The van der Waals surface area contributed by atoms with Crippen molar-refractivity contribution in [3.63, 3.8) is 0 Å². The molecule has 4 heterocycles. The Hall–Kier alpha value is -3.00. The highest BCUT2D eigenvalue weighted by atomic mass is 16.5. The molecule has 134 valence electrons. The van der Waals surface area contributed by atoms with Gasteiger partial charge in [-0.1, -0.05) is 11.1 Å². The standard InChI is InChI=1S/C18H19N5O3/c1-22-15(19)12(17(24)20-10-11-5-4-8-26-11)9-13-16(22)21-14-6-2-3-7-23(14)18(13)25/h2-3,6-7,9,11,19H,4-5,8,10H2,1H3,(H,20,24)/p+1/t11-/m1/s1. The number of anilines is 1. The minimum absolute atomic E-state index is 0.0330. The molecule has 1 atom stereocenters. The summed E-state index contributed by atoms with van der Waals surface area (Å²) in [5, 5.41) is 3.18. The Morgan fingerprint density at radius 2 is 2.35 bits per heavy atom. The van der Waals surface area contributed by atoms with Gasteiger partial charge in [0.25, 0.3) is 17.1 Å². The Morgan fingerprint density at radius 1 is 1.50 bits per heavy atom. The van der Waals surface area contributed by atoms with Crippen molar-refractivity contribution in [3.8, 4) is 0 Å². The van der Waals surface area contributed by atoms with Crippen LogP contribution in [-0.4, -0.2) is 34.5 Å². The fraction of sp³-hybridized carbons (Fsp3) is 0.333. The van der Waals surface area contributed by atoms with E-state index in [1.807, 2.05) is 6.07 Å². The van der Waals surface area contributed by atoms with Crippen LogP contribution in [0.4, 0.5) is 5.82 Å². The number of pyridine rings is 2. The van der Waals surface area contributed by atoms with Crippen LogP contribution in [0.25, 0.3) is 16.7 Å². The number of carbonyl (C=O) groups is 1. The van der Waals surface area contributed by atoms with Gasteiger partial charge >= 0.3 is 0 Å². The van der Waals surface area contributed by atoms with Gasteiger partial charge in [-0.15, -0.1) is 0 Å². The summed E-state index contributed by atoms with van der Waals surface area (Å²) >= 11 is 0. The summed E-state index contributed by atoms with van der Waals surface area (Å²) in [4.78, 5) is 29.9. The molecule has 3 aromatic heterocycles. The van der Waals surface area contributed by atoms with E-state index in [9.17, 15) is 9.59 Å². The fourth-order valence-electron chi connectivity index (χ4n) is 3.28. The molecule has 3 N–H and O–H groups in total. The SMILES string of the molecule is C[n+]1c(N)c(C(=O)NC[C@H]2CCCO2)cc2c(=O)n3ccccc3nc21. The molecule has 8 heteroatoms. The molecule has 4 rings (SSSR count). The number of fused-ring (bicyclic) bond motifs is 2. The third kappa shape index (κ3) is 2.68. The van der Waals surface area contributed by atoms with Crippen LogP contribution in [0.1, 0.15) is 23.2 Å². The average Bonchev–Trinajstić information content (AvgIpc) is 3.17. The zero-order valence-corrected chi connectivity index (χ0v) is 14.4. The summed E-state index contributed by atoms with van der Waals surface area (Å²) in [6.07, 6.45) is 3.62. The normalized spacial score (nSPS) is 17.0. The van der Waals surface area contributed by atoms with E-state index in [0.29, 0.717) is 23.2 Å². The molecule has 0 bridgehead atoms. The highest BCUT2D eigenvalue weighted by molar-refractivity contribution is 6.00. The monoisotopic (exact) mass is 354 g/mol. The van der Waals surface area contributed by atoms with Gasteiger partial charge in [0.1, 0.15) is 10.9 Å². The maximum atomic E-state index is 12.8. The van der Waals surface area contributed by atoms with E-state index < -0.39 is 0 Å². The van der Waals surface area contributed by atoms with E-state index in [-0.39, 0.29) is 29.0 Å². The third-order valence-electron chi connectivity index (χ3n) is 4.75. The Kier molecular flexibility index (Phi) is 4.04. The Bertz CT molecular complexity index is 1070. The second kappa shape index (κ2) is 6.38. The molecule has 0 saturated carbocycles. The number of nitrogens with one attached hydrogen (secondary N) is 1. The molecular formula is C18H20N5O3+. The predicted octanol–water partition coefficient (Wildman–Crippen LogP) is 0.163. The van der Waals surface area contributed by atoms with Crippen molar-refractivity contribution in [1.82, 2.24) is 14.7 Å². The first kappa shape index (κ1) is 16.5. The van der Waals surface area contributed by atoms with Gasteiger partial charge in [0.15, 0.2) is 0 Å². The van der Waals surface area contributed by atoms with Gasteiger partial charge < -0.3 is 15.8 Å². The molecule has 1 aliphatic rings. The maximum absolute atomic E-state index is 12.8. The van der Waals surface area contributed by atoms with E-state index in [4.69, 9.17) is 10.5 Å². The molecule has 1 saturated heterocycles. The van der Waals surface area contributed by atoms with Gasteiger partial charge in [-0.3, -0.25) is 14.0 Å². The summed E-state index contributed by atoms with van der Waals surface area (Å²) in [6.45, 7) is 1.15. The van der Waals surface area contributed by atoms with Crippen LogP contribution in [0.5, 0.6) is 0 Å². The first-order valence-corrected chi connectivity index (χ1v) is 8.55. The number of aromatic nitrogens is 3. The lowest BCUT2D eigenvalue weighted by Crippen LogP contribution is -2.40. The molecule has 26 heavy (non-hydrogen) atoms. The lowest BCUT2D eigenvalue weighted by molar-refractivity contribution is -0.632. The molecule has 3 aromatic rings. The number of amides is 1. The molecule has 1 fully saturated rings. The zero-order valence-electron chi connectivity index (χ0n) is 14.4. The van der Waals surface area contributed by atoms with E-state index in [0.717, 1.165) is 19.4 Å². The molecule has 0 unspecified atom stereocenters. The summed E-state index contributed by atoms with van der Waals surface area (Å²) < 4.78 is 8.54. The van der Waals surface area contributed by atoms with E-state index in [2.05, 4.69) is 10.3 Å². The van der Waals surface area contributed by atoms with Gasteiger partial charge in [0.2, 0.25) is 11.5 Å². The number of aryl methyl sites for hydroxylation is 1. The lowest BCUT2D eigenvalue weighted by Gasteiger charge is -2.12. The summed E-state index contributed by atoms with van der Waals surface area (Å²) in [5.74, 6) is -0.0671. The van der Waals surface area contributed by atoms with Crippen LogP contribution in [0.3, 0.4) is 0 Å². The summed E-state index contributed by atoms with van der Waals surface area (Å²) in [6, 6.07) is 6.84. The van der Waals surface area contributed by atoms with Crippen molar-refractivity contribution >= 4 is 28.4 Å². The Balaban J connectivity index is 1.79.